The molecule has 0 aliphatic carbocycles. The maximum atomic E-state index is 12.5. The van der Waals surface area contributed by atoms with Gasteiger partial charge in [-0.05, 0) is 30.0 Å². The molecule has 0 saturated heterocycles. The van der Waals surface area contributed by atoms with Crippen molar-refractivity contribution in [1.29, 1.82) is 0 Å². The SMILES string of the molecule is O=C(NCCCc1ccccc1)c1ccccc1CSc1ncn[nH]1. The standard InChI is InChI=1S/C19H20N4OS/c24-18(20-12-6-9-15-7-2-1-3-8-15)17-11-5-4-10-16(17)13-25-19-21-14-22-23-19/h1-5,7-8,10-11,14H,6,9,12-13H2,(H,20,24)(H,21,22,23). The first-order valence-electron chi connectivity index (χ1n) is 8.21. The molecule has 6 heteroatoms. The van der Waals surface area contributed by atoms with Gasteiger partial charge in [0.15, 0.2) is 5.16 Å². The van der Waals surface area contributed by atoms with E-state index in [2.05, 4.69) is 32.6 Å². The number of aromatic amines is 1. The first-order valence-corrected chi connectivity index (χ1v) is 9.19. The summed E-state index contributed by atoms with van der Waals surface area (Å²) < 4.78 is 0. The van der Waals surface area contributed by atoms with Gasteiger partial charge in [0, 0.05) is 17.9 Å². The molecule has 2 aromatic carbocycles. The van der Waals surface area contributed by atoms with Crippen molar-refractivity contribution >= 4 is 17.7 Å². The van der Waals surface area contributed by atoms with Crippen LogP contribution in [-0.4, -0.2) is 27.6 Å². The average Bonchev–Trinajstić information content (AvgIpc) is 3.18. The van der Waals surface area contributed by atoms with Crippen LogP contribution in [0.2, 0.25) is 0 Å². The number of H-pyrrole nitrogens is 1. The van der Waals surface area contributed by atoms with E-state index in [1.807, 2.05) is 42.5 Å². The van der Waals surface area contributed by atoms with E-state index in [0.29, 0.717) is 17.9 Å². The minimum absolute atomic E-state index is 0.0261. The van der Waals surface area contributed by atoms with Crippen molar-refractivity contribution in [3.05, 3.63) is 77.6 Å². The number of hydrogen-bond donors (Lipinski definition) is 2. The monoisotopic (exact) mass is 352 g/mol. The molecule has 0 atom stereocenters. The molecule has 0 aliphatic rings. The van der Waals surface area contributed by atoms with Crippen LogP contribution in [0.25, 0.3) is 0 Å². The molecule has 2 N–H and O–H groups in total. The maximum Gasteiger partial charge on any atom is 0.251 e. The Balaban J connectivity index is 1.51. The van der Waals surface area contributed by atoms with E-state index >= 15 is 0 Å². The molecule has 0 unspecified atom stereocenters. The van der Waals surface area contributed by atoms with E-state index in [-0.39, 0.29) is 5.91 Å². The summed E-state index contributed by atoms with van der Waals surface area (Å²) in [6.45, 7) is 0.664. The second kappa shape index (κ2) is 9.03. The van der Waals surface area contributed by atoms with Crippen LogP contribution in [-0.2, 0) is 12.2 Å². The van der Waals surface area contributed by atoms with Gasteiger partial charge in [-0.1, -0.05) is 60.3 Å². The number of carbonyl (C=O) groups excluding carboxylic acids is 1. The molecule has 1 amide bonds. The molecule has 1 aromatic heterocycles. The first-order chi connectivity index (χ1) is 12.3. The van der Waals surface area contributed by atoms with Crippen LogP contribution >= 0.6 is 11.8 Å². The van der Waals surface area contributed by atoms with Crippen molar-refractivity contribution in [2.75, 3.05) is 6.54 Å². The maximum absolute atomic E-state index is 12.5. The van der Waals surface area contributed by atoms with Crippen LogP contribution < -0.4 is 5.32 Å². The van der Waals surface area contributed by atoms with Crippen molar-refractivity contribution in [3.8, 4) is 0 Å². The Kier molecular flexibility index (Phi) is 6.23. The zero-order valence-electron chi connectivity index (χ0n) is 13.8. The highest BCUT2D eigenvalue weighted by molar-refractivity contribution is 7.98. The second-order valence-corrected chi connectivity index (χ2v) is 6.55. The number of aryl methyl sites for hydroxylation is 1. The number of nitrogens with one attached hydrogen (secondary N) is 2. The lowest BCUT2D eigenvalue weighted by atomic mass is 10.1. The minimum Gasteiger partial charge on any atom is -0.352 e. The molecule has 0 aliphatic heterocycles. The van der Waals surface area contributed by atoms with Crippen LogP contribution in [0.3, 0.4) is 0 Å². The number of carbonyl (C=O) groups is 1. The molecule has 0 spiro atoms. The Morgan fingerprint density at radius 1 is 1.08 bits per heavy atom. The molecule has 128 valence electrons. The lowest BCUT2D eigenvalue weighted by Crippen LogP contribution is -2.25. The molecule has 25 heavy (non-hydrogen) atoms. The molecule has 5 nitrogen and oxygen atoms in total. The summed E-state index contributed by atoms with van der Waals surface area (Å²) >= 11 is 1.53. The second-order valence-electron chi connectivity index (χ2n) is 5.58. The number of aromatic nitrogens is 3. The number of benzene rings is 2. The Labute approximate surface area is 151 Å². The van der Waals surface area contributed by atoms with E-state index < -0.39 is 0 Å². The molecular formula is C19H20N4OS. The van der Waals surface area contributed by atoms with Crippen molar-refractivity contribution in [1.82, 2.24) is 20.5 Å². The number of nitrogens with zero attached hydrogens (tertiary/aromatic N) is 2. The van der Waals surface area contributed by atoms with E-state index in [0.717, 1.165) is 23.6 Å². The topological polar surface area (TPSA) is 70.7 Å². The smallest absolute Gasteiger partial charge is 0.251 e. The van der Waals surface area contributed by atoms with Crippen LogP contribution in [0.1, 0.15) is 27.9 Å². The lowest BCUT2D eigenvalue weighted by molar-refractivity contribution is 0.0952. The zero-order chi connectivity index (χ0) is 17.3. The van der Waals surface area contributed by atoms with Gasteiger partial charge >= 0.3 is 0 Å². The van der Waals surface area contributed by atoms with Gasteiger partial charge in [-0.2, -0.15) is 5.10 Å². The third-order valence-corrected chi connectivity index (χ3v) is 4.72. The van der Waals surface area contributed by atoms with Crippen LogP contribution in [0.5, 0.6) is 0 Å². The third kappa shape index (κ3) is 5.19. The molecule has 0 radical (unpaired) electrons. The highest BCUT2D eigenvalue weighted by Crippen LogP contribution is 2.21. The highest BCUT2D eigenvalue weighted by atomic mass is 32.2. The molecule has 3 aromatic rings. The van der Waals surface area contributed by atoms with E-state index in [1.165, 1.54) is 23.7 Å². The molecule has 0 saturated carbocycles. The predicted molar refractivity (Wildman–Crippen MR) is 99.5 cm³/mol. The van der Waals surface area contributed by atoms with E-state index in [4.69, 9.17) is 0 Å². The van der Waals surface area contributed by atoms with Crippen molar-refractivity contribution in [2.45, 2.75) is 23.8 Å². The number of thioether (sulfide) groups is 1. The molecule has 0 fully saturated rings. The molecule has 1 heterocycles. The van der Waals surface area contributed by atoms with E-state index in [9.17, 15) is 4.79 Å². The average molecular weight is 352 g/mol. The normalized spacial score (nSPS) is 10.6. The van der Waals surface area contributed by atoms with Gasteiger partial charge in [0.2, 0.25) is 0 Å². The van der Waals surface area contributed by atoms with Crippen LogP contribution in [0, 0.1) is 0 Å². The Hall–Kier alpha value is -2.60. The highest BCUT2D eigenvalue weighted by Gasteiger charge is 2.11. The quantitative estimate of drug-likeness (QED) is 0.481. The summed E-state index contributed by atoms with van der Waals surface area (Å²) in [5, 5.41) is 10.4. The third-order valence-electron chi connectivity index (χ3n) is 3.79. The fraction of sp³-hybridized carbons (Fsp3) is 0.211. The fourth-order valence-electron chi connectivity index (χ4n) is 2.51. The summed E-state index contributed by atoms with van der Waals surface area (Å²) in [4.78, 5) is 16.6. The fourth-order valence-corrected chi connectivity index (χ4v) is 3.29. The van der Waals surface area contributed by atoms with Gasteiger partial charge in [-0.15, -0.1) is 0 Å². The molecule has 3 rings (SSSR count). The summed E-state index contributed by atoms with van der Waals surface area (Å²) in [5.41, 5.74) is 3.00. The van der Waals surface area contributed by atoms with Gasteiger partial charge in [-0.3, -0.25) is 9.89 Å². The Morgan fingerprint density at radius 2 is 1.88 bits per heavy atom. The lowest BCUT2D eigenvalue weighted by Gasteiger charge is -2.09. The van der Waals surface area contributed by atoms with Gasteiger partial charge in [0.05, 0.1) is 0 Å². The van der Waals surface area contributed by atoms with Crippen LogP contribution in [0.4, 0.5) is 0 Å². The van der Waals surface area contributed by atoms with Crippen molar-refractivity contribution in [3.63, 3.8) is 0 Å². The van der Waals surface area contributed by atoms with Gasteiger partial charge in [0.1, 0.15) is 6.33 Å². The van der Waals surface area contributed by atoms with Gasteiger partial charge < -0.3 is 5.32 Å². The van der Waals surface area contributed by atoms with Crippen molar-refractivity contribution < 1.29 is 4.79 Å². The first kappa shape index (κ1) is 17.2. The largest absolute Gasteiger partial charge is 0.352 e. The summed E-state index contributed by atoms with van der Waals surface area (Å²) in [6, 6.07) is 18.0. The number of amides is 1. The van der Waals surface area contributed by atoms with Crippen LogP contribution in [0.15, 0.2) is 66.1 Å². The Morgan fingerprint density at radius 3 is 2.68 bits per heavy atom. The number of hydrogen-bond acceptors (Lipinski definition) is 4. The summed E-state index contributed by atoms with van der Waals surface area (Å²) in [5.74, 6) is 0.643. The zero-order valence-corrected chi connectivity index (χ0v) is 14.6. The number of rotatable bonds is 8. The van der Waals surface area contributed by atoms with Crippen molar-refractivity contribution in [2.24, 2.45) is 0 Å². The van der Waals surface area contributed by atoms with Gasteiger partial charge in [-0.25, -0.2) is 4.98 Å². The van der Waals surface area contributed by atoms with E-state index in [1.54, 1.807) is 0 Å². The summed E-state index contributed by atoms with van der Waals surface area (Å²) in [6.07, 6.45) is 3.36. The van der Waals surface area contributed by atoms with Gasteiger partial charge in [0.25, 0.3) is 5.91 Å². The molecule has 0 bridgehead atoms. The Bertz CT molecular complexity index is 790. The summed E-state index contributed by atoms with van der Waals surface area (Å²) in [7, 11) is 0. The predicted octanol–water partition coefficient (Wildman–Crippen LogP) is 3.46. The molecular weight excluding hydrogens is 332 g/mol. The minimum atomic E-state index is -0.0261.